The van der Waals surface area contributed by atoms with Gasteiger partial charge in [-0.25, -0.2) is 0 Å². The van der Waals surface area contributed by atoms with E-state index < -0.39 is 42.1 Å². The third kappa shape index (κ3) is 6.98. The van der Waals surface area contributed by atoms with E-state index in [1.165, 1.54) is 34.9 Å². The van der Waals surface area contributed by atoms with Crippen molar-refractivity contribution < 1.29 is 32.7 Å². The molecule has 2 amide bonds. The lowest BCUT2D eigenvalue weighted by atomic mass is 10.1. The number of hydrogen-bond donors (Lipinski definition) is 1. The van der Waals surface area contributed by atoms with E-state index in [0.29, 0.717) is 11.3 Å². The van der Waals surface area contributed by atoms with E-state index in [4.69, 9.17) is 13.8 Å². The molecule has 0 aromatic carbocycles. The van der Waals surface area contributed by atoms with Crippen molar-refractivity contribution in [3.05, 3.63) is 33.4 Å². The summed E-state index contributed by atoms with van der Waals surface area (Å²) in [5, 5.41) is 4.22. The second-order valence-electron chi connectivity index (χ2n) is 10.3. The average Bonchev–Trinajstić information content (AvgIpc) is 3.19. The number of esters is 1. The van der Waals surface area contributed by atoms with Gasteiger partial charge in [-0.1, -0.05) is 6.07 Å². The maximum atomic E-state index is 14.4. The van der Waals surface area contributed by atoms with Crippen molar-refractivity contribution in [2.75, 3.05) is 12.4 Å². The summed E-state index contributed by atoms with van der Waals surface area (Å²) in [7, 11) is -4.07. The predicted molar refractivity (Wildman–Crippen MR) is 136 cm³/mol. The Labute approximate surface area is 214 Å². The first kappa shape index (κ1) is 27.9. The minimum absolute atomic E-state index is 0.0982. The highest BCUT2D eigenvalue weighted by atomic mass is 32.2. The largest absolute Gasteiger partial charge is 0.461 e. The van der Waals surface area contributed by atoms with Gasteiger partial charge >= 0.3 is 13.6 Å². The van der Waals surface area contributed by atoms with Crippen LogP contribution in [0.5, 0.6) is 0 Å². The van der Waals surface area contributed by atoms with E-state index in [2.05, 4.69) is 5.32 Å². The molecule has 2 aliphatic heterocycles. The Hall–Kier alpha value is -1.65. The Morgan fingerprint density at radius 2 is 1.80 bits per heavy atom. The van der Waals surface area contributed by atoms with Crippen LogP contribution in [0.15, 0.2) is 28.5 Å². The summed E-state index contributed by atoms with van der Waals surface area (Å²) >= 11 is 2.87. The van der Waals surface area contributed by atoms with Gasteiger partial charge in [0.15, 0.2) is 0 Å². The molecule has 35 heavy (non-hydrogen) atoms. The maximum absolute atomic E-state index is 14.4. The Balaban J connectivity index is 1.94. The topological polar surface area (TPSA) is 111 Å². The summed E-state index contributed by atoms with van der Waals surface area (Å²) in [4.78, 5) is 39.7. The summed E-state index contributed by atoms with van der Waals surface area (Å²) in [6.07, 6.45) is 0.179. The van der Waals surface area contributed by atoms with Gasteiger partial charge in [0, 0.05) is 23.1 Å². The summed E-state index contributed by atoms with van der Waals surface area (Å²) in [6, 6.07) is 2.96. The molecule has 1 saturated heterocycles. The van der Waals surface area contributed by atoms with Crippen LogP contribution in [0.4, 0.5) is 0 Å². The summed E-state index contributed by atoms with van der Waals surface area (Å²) in [6.45, 7) is 11.6. The van der Waals surface area contributed by atoms with Gasteiger partial charge in [0.2, 0.25) is 5.91 Å². The summed E-state index contributed by atoms with van der Waals surface area (Å²) in [5.41, 5.74) is -1.14. The molecule has 0 bridgehead atoms. The highest BCUT2D eigenvalue weighted by Gasteiger charge is 2.58. The first-order chi connectivity index (χ1) is 16.1. The molecule has 0 radical (unpaired) electrons. The van der Waals surface area contributed by atoms with Crippen LogP contribution in [0.1, 0.15) is 53.3 Å². The number of thiophene rings is 1. The number of β-lactam (4-membered cyclic amide) rings is 1. The molecule has 3 heterocycles. The van der Waals surface area contributed by atoms with E-state index in [-0.39, 0.29) is 24.4 Å². The lowest BCUT2D eigenvalue weighted by Crippen LogP contribution is -2.70. The van der Waals surface area contributed by atoms with Crippen LogP contribution in [0.2, 0.25) is 0 Å². The number of rotatable bonds is 8. The molecule has 0 unspecified atom stereocenters. The lowest BCUT2D eigenvalue weighted by Gasteiger charge is -2.52. The number of carbonyl (C=O) groups is 3. The first-order valence-electron chi connectivity index (χ1n) is 11.2. The molecular formula is C23H33N2O7PS2. The number of nitrogens with one attached hydrogen (secondary N) is 1. The molecule has 1 aromatic heterocycles. The lowest BCUT2D eigenvalue weighted by molar-refractivity contribution is -0.145. The van der Waals surface area contributed by atoms with Gasteiger partial charge in [0.05, 0.1) is 17.6 Å². The standard InChI is InChI=1S/C23H33N2O7PS2/c1-14(26)30-12-15-13-35-21-18(24-17(27)11-16-9-8-10-34-16)19(28)25(21)20(15)33(29,31-22(2,3)4)32-23(5,6)7/h8-10,18,21H,11-13H2,1-7H3,(H,24,27)/t18-,21-/m1/s1. The van der Waals surface area contributed by atoms with E-state index in [1.54, 1.807) is 41.5 Å². The van der Waals surface area contributed by atoms with Crippen LogP contribution in [-0.4, -0.2) is 57.7 Å². The minimum atomic E-state index is -4.07. The van der Waals surface area contributed by atoms with E-state index in [0.717, 1.165) is 4.88 Å². The average molecular weight is 545 g/mol. The fraction of sp³-hybridized carbons (Fsp3) is 0.609. The molecule has 0 saturated carbocycles. The zero-order valence-corrected chi connectivity index (χ0v) is 23.6. The van der Waals surface area contributed by atoms with Crippen molar-refractivity contribution in [3.8, 4) is 0 Å². The zero-order chi connectivity index (χ0) is 26.2. The maximum Gasteiger partial charge on any atom is 0.378 e. The second-order valence-corrected chi connectivity index (χ2v) is 14.2. The van der Waals surface area contributed by atoms with Crippen molar-refractivity contribution in [1.82, 2.24) is 10.2 Å². The molecule has 9 nitrogen and oxygen atoms in total. The van der Waals surface area contributed by atoms with Crippen LogP contribution >= 0.6 is 30.7 Å². The quantitative estimate of drug-likeness (QED) is 0.293. The molecule has 0 aliphatic carbocycles. The first-order valence-corrected chi connectivity index (χ1v) is 14.7. The van der Waals surface area contributed by atoms with Gasteiger partial charge in [0.1, 0.15) is 23.5 Å². The highest BCUT2D eigenvalue weighted by Crippen LogP contribution is 2.66. The van der Waals surface area contributed by atoms with Gasteiger partial charge in [0.25, 0.3) is 5.91 Å². The number of ether oxygens (including phenoxy) is 1. The highest BCUT2D eigenvalue weighted by molar-refractivity contribution is 8.00. The number of hydrogen-bond acceptors (Lipinski definition) is 9. The Morgan fingerprint density at radius 1 is 1.17 bits per heavy atom. The van der Waals surface area contributed by atoms with Crippen LogP contribution in [0.25, 0.3) is 0 Å². The van der Waals surface area contributed by atoms with Crippen molar-refractivity contribution in [3.63, 3.8) is 0 Å². The van der Waals surface area contributed by atoms with Crippen molar-refractivity contribution in [1.29, 1.82) is 0 Å². The van der Waals surface area contributed by atoms with Gasteiger partial charge in [-0.2, -0.15) is 0 Å². The normalized spacial score (nSPS) is 20.9. The number of carbonyl (C=O) groups excluding carboxylic acids is 3. The number of thioether (sulfide) groups is 1. The molecule has 0 spiro atoms. The molecule has 12 heteroatoms. The Kier molecular flexibility index (Phi) is 8.28. The minimum Gasteiger partial charge on any atom is -0.461 e. The second kappa shape index (κ2) is 10.4. The predicted octanol–water partition coefficient (Wildman–Crippen LogP) is 4.29. The van der Waals surface area contributed by atoms with Crippen LogP contribution < -0.4 is 5.32 Å². The molecule has 3 rings (SSSR count). The van der Waals surface area contributed by atoms with Gasteiger partial charge in [-0.05, 0) is 53.0 Å². The van der Waals surface area contributed by atoms with E-state index in [1.807, 2.05) is 17.5 Å². The molecule has 1 N–H and O–H groups in total. The monoisotopic (exact) mass is 544 g/mol. The van der Waals surface area contributed by atoms with Crippen LogP contribution in [0.3, 0.4) is 0 Å². The van der Waals surface area contributed by atoms with Crippen LogP contribution in [-0.2, 0) is 39.2 Å². The van der Waals surface area contributed by atoms with Gasteiger partial charge in [-0.3, -0.25) is 32.9 Å². The van der Waals surface area contributed by atoms with E-state index in [9.17, 15) is 18.9 Å². The SMILES string of the molecule is CC(=O)OCC1=C(P(=O)(OC(C)(C)C)OC(C)(C)C)N2C(=O)[C@@H](NC(=O)Cc3cccs3)[C@H]2SC1. The third-order valence-corrected chi connectivity index (χ3v) is 9.59. The fourth-order valence-electron chi connectivity index (χ4n) is 3.66. The molecule has 194 valence electrons. The molecular weight excluding hydrogens is 511 g/mol. The molecule has 1 aromatic rings. The summed E-state index contributed by atoms with van der Waals surface area (Å²) in [5.74, 6) is -0.838. The fourth-order valence-corrected chi connectivity index (χ4v) is 8.54. The Bertz CT molecular complexity index is 1040. The Morgan fingerprint density at radius 3 is 2.31 bits per heavy atom. The van der Waals surface area contributed by atoms with Crippen molar-refractivity contribution in [2.24, 2.45) is 0 Å². The van der Waals surface area contributed by atoms with Crippen LogP contribution in [0, 0.1) is 0 Å². The van der Waals surface area contributed by atoms with Crippen molar-refractivity contribution in [2.45, 2.75) is 77.5 Å². The number of fused-ring (bicyclic) bond motifs is 1. The zero-order valence-electron chi connectivity index (χ0n) is 21.1. The summed E-state index contributed by atoms with van der Waals surface area (Å²) < 4.78 is 31.6. The van der Waals surface area contributed by atoms with Crippen molar-refractivity contribution >= 4 is 48.5 Å². The van der Waals surface area contributed by atoms with E-state index >= 15 is 0 Å². The number of nitrogens with zero attached hydrogens (tertiary/aromatic N) is 1. The van der Waals surface area contributed by atoms with Gasteiger partial charge in [-0.15, -0.1) is 23.1 Å². The molecule has 2 aliphatic rings. The number of amides is 2. The van der Waals surface area contributed by atoms with Gasteiger partial charge < -0.3 is 10.1 Å². The third-order valence-electron chi connectivity index (χ3n) is 4.74. The molecule has 2 atom stereocenters. The smallest absolute Gasteiger partial charge is 0.378 e. The molecule has 1 fully saturated rings.